The molecule has 1 atom stereocenters. The van der Waals surface area contributed by atoms with Gasteiger partial charge in [-0.25, -0.2) is 4.79 Å². The molecule has 2 aromatic carbocycles. The van der Waals surface area contributed by atoms with Crippen molar-refractivity contribution in [2.75, 3.05) is 22.6 Å². The van der Waals surface area contributed by atoms with Crippen LogP contribution in [-0.2, 0) is 4.79 Å². The first-order valence-corrected chi connectivity index (χ1v) is 10.6. The number of hydrogen-bond donors (Lipinski definition) is 2. The molecule has 0 spiro atoms. The summed E-state index contributed by atoms with van der Waals surface area (Å²) in [6.07, 6.45) is 3.52. The van der Waals surface area contributed by atoms with Crippen LogP contribution < -0.4 is 20.3 Å². The molecule has 5 rings (SSSR count). The predicted octanol–water partition coefficient (Wildman–Crippen LogP) is 5.50. The number of Topliss-reactive ketones (excluding diaryl/α,β-unsaturated/α-hetero) is 1. The quantitative estimate of drug-likeness (QED) is 0.574. The standard InChI is InChI=1S/C25H23N3O4/c1-31-17-13-11-16(12-14-17)26-25(30)28-20-8-3-2-6-18(20)27-19-7-4-9-21(29)23(19)24(28)22-10-5-15-32-22/h2-3,5-6,8,10-15,24,27H,4,7,9H2,1H3,(H,26,30)/t24-/m0/s1. The van der Waals surface area contributed by atoms with Crippen LogP contribution in [0, 0.1) is 0 Å². The number of para-hydroxylation sites is 2. The highest BCUT2D eigenvalue weighted by atomic mass is 16.5. The van der Waals surface area contributed by atoms with Crippen molar-refractivity contribution < 1.29 is 18.7 Å². The Morgan fingerprint density at radius 2 is 1.91 bits per heavy atom. The van der Waals surface area contributed by atoms with Gasteiger partial charge in [-0.1, -0.05) is 12.1 Å². The fourth-order valence-corrected chi connectivity index (χ4v) is 4.33. The van der Waals surface area contributed by atoms with Crippen LogP contribution in [0.25, 0.3) is 0 Å². The number of ether oxygens (including phenoxy) is 1. The molecule has 2 heterocycles. The summed E-state index contributed by atoms with van der Waals surface area (Å²) in [6, 6.07) is 17.2. The van der Waals surface area contributed by atoms with E-state index in [0.29, 0.717) is 34.9 Å². The highest BCUT2D eigenvalue weighted by Gasteiger charge is 2.41. The van der Waals surface area contributed by atoms with Gasteiger partial charge in [-0.2, -0.15) is 0 Å². The van der Waals surface area contributed by atoms with Crippen LogP contribution in [0.4, 0.5) is 21.9 Å². The summed E-state index contributed by atoms with van der Waals surface area (Å²) >= 11 is 0. The summed E-state index contributed by atoms with van der Waals surface area (Å²) in [5, 5.41) is 6.39. The lowest BCUT2D eigenvalue weighted by Crippen LogP contribution is -2.40. The Morgan fingerprint density at radius 1 is 1.09 bits per heavy atom. The lowest BCUT2D eigenvalue weighted by Gasteiger charge is -2.32. The number of furan rings is 1. The lowest BCUT2D eigenvalue weighted by atomic mass is 9.88. The lowest BCUT2D eigenvalue weighted by molar-refractivity contribution is -0.116. The van der Waals surface area contributed by atoms with Crippen LogP contribution >= 0.6 is 0 Å². The third kappa shape index (κ3) is 3.51. The molecule has 1 aliphatic heterocycles. The topological polar surface area (TPSA) is 83.8 Å². The van der Waals surface area contributed by atoms with E-state index in [9.17, 15) is 9.59 Å². The number of allylic oxidation sites excluding steroid dienone is 1. The van der Waals surface area contributed by atoms with Crippen LogP contribution in [0.3, 0.4) is 0 Å². The van der Waals surface area contributed by atoms with Gasteiger partial charge in [0.1, 0.15) is 17.6 Å². The Balaban J connectivity index is 1.63. The molecule has 162 valence electrons. The molecule has 0 saturated heterocycles. The van der Waals surface area contributed by atoms with Crippen molar-refractivity contribution in [1.29, 1.82) is 0 Å². The molecule has 0 saturated carbocycles. The van der Waals surface area contributed by atoms with Gasteiger partial charge >= 0.3 is 6.03 Å². The number of anilines is 3. The Morgan fingerprint density at radius 3 is 2.66 bits per heavy atom. The molecule has 0 unspecified atom stereocenters. The number of ketones is 1. The monoisotopic (exact) mass is 429 g/mol. The molecule has 32 heavy (non-hydrogen) atoms. The number of hydrogen-bond acceptors (Lipinski definition) is 5. The number of carbonyl (C=O) groups is 2. The van der Waals surface area contributed by atoms with Crippen LogP contribution in [0.2, 0.25) is 0 Å². The minimum absolute atomic E-state index is 0.0233. The van der Waals surface area contributed by atoms with E-state index in [2.05, 4.69) is 10.6 Å². The first-order chi connectivity index (χ1) is 15.7. The van der Waals surface area contributed by atoms with Crippen molar-refractivity contribution in [3.63, 3.8) is 0 Å². The van der Waals surface area contributed by atoms with E-state index >= 15 is 0 Å². The van der Waals surface area contributed by atoms with Crippen molar-refractivity contribution in [2.24, 2.45) is 0 Å². The van der Waals surface area contributed by atoms with E-state index in [1.54, 1.807) is 54.7 Å². The summed E-state index contributed by atoms with van der Waals surface area (Å²) in [5.74, 6) is 1.26. The van der Waals surface area contributed by atoms with E-state index in [0.717, 1.165) is 24.2 Å². The number of urea groups is 1. The van der Waals surface area contributed by atoms with Crippen LogP contribution in [0.1, 0.15) is 31.1 Å². The third-order valence-electron chi connectivity index (χ3n) is 5.81. The second kappa shape index (κ2) is 8.26. The summed E-state index contributed by atoms with van der Waals surface area (Å²) in [7, 11) is 1.59. The van der Waals surface area contributed by atoms with E-state index in [-0.39, 0.29) is 11.8 Å². The molecule has 2 N–H and O–H groups in total. The molecule has 2 aliphatic rings. The number of benzene rings is 2. The summed E-state index contributed by atoms with van der Waals surface area (Å²) < 4.78 is 11.0. The molecular formula is C25H23N3O4. The normalized spacial score (nSPS) is 17.7. The maximum atomic E-state index is 13.7. The van der Waals surface area contributed by atoms with Gasteiger partial charge in [0.15, 0.2) is 5.78 Å². The molecule has 7 nitrogen and oxygen atoms in total. The van der Waals surface area contributed by atoms with E-state index < -0.39 is 6.04 Å². The highest BCUT2D eigenvalue weighted by molar-refractivity contribution is 6.09. The molecule has 0 radical (unpaired) electrons. The first kappa shape index (κ1) is 19.9. The zero-order valence-electron chi connectivity index (χ0n) is 17.6. The molecular weight excluding hydrogens is 406 g/mol. The number of methoxy groups -OCH3 is 1. The fraction of sp³-hybridized carbons (Fsp3) is 0.200. The minimum Gasteiger partial charge on any atom is -0.497 e. The predicted molar refractivity (Wildman–Crippen MR) is 122 cm³/mol. The van der Waals surface area contributed by atoms with Gasteiger partial charge in [0.05, 0.1) is 24.7 Å². The molecule has 7 heteroatoms. The maximum Gasteiger partial charge on any atom is 0.327 e. The van der Waals surface area contributed by atoms with E-state index in [4.69, 9.17) is 9.15 Å². The SMILES string of the molecule is COc1ccc(NC(=O)N2c3ccccc3NC3=C(C(=O)CCC3)[C@@H]2c2ccco2)cc1. The van der Waals surface area contributed by atoms with Crippen molar-refractivity contribution in [3.05, 3.63) is 84.0 Å². The van der Waals surface area contributed by atoms with Crippen molar-refractivity contribution >= 4 is 28.9 Å². The van der Waals surface area contributed by atoms with Gasteiger partial charge in [-0.15, -0.1) is 0 Å². The first-order valence-electron chi connectivity index (χ1n) is 10.6. The Bertz CT molecular complexity index is 1180. The fourth-order valence-electron chi connectivity index (χ4n) is 4.33. The number of amides is 2. The number of rotatable bonds is 3. The summed E-state index contributed by atoms with van der Waals surface area (Å²) in [6.45, 7) is 0. The van der Waals surface area contributed by atoms with Crippen LogP contribution in [-0.4, -0.2) is 18.9 Å². The second-order valence-corrected chi connectivity index (χ2v) is 7.76. The molecule has 1 aliphatic carbocycles. The molecule has 0 bridgehead atoms. The molecule has 1 aromatic heterocycles. The average Bonchev–Trinajstić information content (AvgIpc) is 3.29. The van der Waals surface area contributed by atoms with Crippen molar-refractivity contribution in [3.8, 4) is 5.75 Å². The number of carbonyl (C=O) groups excluding carboxylic acids is 2. The maximum absolute atomic E-state index is 13.7. The zero-order chi connectivity index (χ0) is 22.1. The number of fused-ring (bicyclic) bond motifs is 1. The largest absolute Gasteiger partial charge is 0.497 e. The Hall–Kier alpha value is -4.00. The van der Waals surface area contributed by atoms with Crippen LogP contribution in [0.5, 0.6) is 5.75 Å². The Labute approximate surface area is 185 Å². The van der Waals surface area contributed by atoms with Crippen molar-refractivity contribution in [1.82, 2.24) is 0 Å². The van der Waals surface area contributed by atoms with Gasteiger partial charge in [-0.05, 0) is 61.4 Å². The van der Waals surface area contributed by atoms with Gasteiger partial charge in [-0.3, -0.25) is 9.69 Å². The average molecular weight is 429 g/mol. The number of nitrogens with one attached hydrogen (secondary N) is 2. The van der Waals surface area contributed by atoms with Gasteiger partial charge in [0, 0.05) is 23.4 Å². The summed E-state index contributed by atoms with van der Waals surface area (Å²) in [4.78, 5) is 28.4. The highest BCUT2D eigenvalue weighted by Crippen LogP contribution is 2.45. The third-order valence-corrected chi connectivity index (χ3v) is 5.81. The van der Waals surface area contributed by atoms with Gasteiger partial charge in [0.25, 0.3) is 0 Å². The molecule has 0 fully saturated rings. The second-order valence-electron chi connectivity index (χ2n) is 7.76. The minimum atomic E-state index is -0.679. The van der Waals surface area contributed by atoms with E-state index in [1.807, 2.05) is 24.3 Å². The molecule has 3 aromatic rings. The smallest absolute Gasteiger partial charge is 0.327 e. The number of nitrogens with zero attached hydrogens (tertiary/aromatic N) is 1. The van der Waals surface area contributed by atoms with E-state index in [1.165, 1.54) is 0 Å². The zero-order valence-corrected chi connectivity index (χ0v) is 17.6. The van der Waals surface area contributed by atoms with Gasteiger partial charge in [0.2, 0.25) is 0 Å². The summed E-state index contributed by atoms with van der Waals surface area (Å²) in [5.41, 5.74) is 3.48. The van der Waals surface area contributed by atoms with Gasteiger partial charge < -0.3 is 19.8 Å². The van der Waals surface area contributed by atoms with Crippen molar-refractivity contribution in [2.45, 2.75) is 25.3 Å². The molecule has 2 amide bonds. The Kier molecular flexibility index (Phi) is 5.15. The van der Waals surface area contributed by atoms with Crippen LogP contribution in [0.15, 0.2) is 82.6 Å².